The van der Waals surface area contributed by atoms with Gasteiger partial charge in [0.2, 0.25) is 0 Å². The molecule has 0 atom stereocenters. The molecule has 1 fully saturated rings. The summed E-state index contributed by atoms with van der Waals surface area (Å²) in [6, 6.07) is 8.18. The van der Waals surface area contributed by atoms with Gasteiger partial charge in [-0.05, 0) is 35.4 Å². The number of rotatable bonds is 5. The van der Waals surface area contributed by atoms with Gasteiger partial charge in [0.1, 0.15) is 0 Å². The van der Waals surface area contributed by atoms with Crippen molar-refractivity contribution in [3.8, 4) is 11.1 Å². The summed E-state index contributed by atoms with van der Waals surface area (Å²) in [5, 5.41) is 6.13. The molecule has 1 heterocycles. The molecule has 4 nitrogen and oxygen atoms in total. The van der Waals surface area contributed by atoms with E-state index >= 15 is 0 Å². The average Bonchev–Trinajstić information content (AvgIpc) is 2.66. The quantitative estimate of drug-likeness (QED) is 0.760. The Kier molecular flexibility index (Phi) is 7.65. The molecule has 146 valence electrons. The molecule has 2 aromatic rings. The number of halogens is 4. The Bertz CT molecular complexity index is 757. The van der Waals surface area contributed by atoms with Crippen LogP contribution in [0.25, 0.3) is 11.1 Å². The van der Waals surface area contributed by atoms with Gasteiger partial charge in [-0.25, -0.2) is 13.2 Å². The summed E-state index contributed by atoms with van der Waals surface area (Å²) in [4.78, 5) is 14.5. The number of benzene rings is 2. The first-order valence-electron chi connectivity index (χ1n) is 8.51. The van der Waals surface area contributed by atoms with E-state index in [1.54, 1.807) is 24.3 Å². The van der Waals surface area contributed by atoms with Crippen LogP contribution >= 0.6 is 12.4 Å². The van der Waals surface area contributed by atoms with Gasteiger partial charge in [-0.15, -0.1) is 12.4 Å². The van der Waals surface area contributed by atoms with Crippen LogP contribution in [0.5, 0.6) is 0 Å². The molecule has 1 saturated heterocycles. The van der Waals surface area contributed by atoms with Gasteiger partial charge in [0.25, 0.3) is 5.91 Å². The van der Waals surface area contributed by atoms with E-state index in [0.717, 1.165) is 44.9 Å². The zero-order valence-electron chi connectivity index (χ0n) is 14.6. The lowest BCUT2D eigenvalue weighted by molar-refractivity contribution is 0.0947. The zero-order chi connectivity index (χ0) is 18.5. The molecule has 1 aliphatic rings. The average molecular weight is 400 g/mol. The second-order valence-electron chi connectivity index (χ2n) is 6.18. The van der Waals surface area contributed by atoms with Crippen molar-refractivity contribution in [2.45, 2.75) is 0 Å². The molecule has 3 rings (SSSR count). The fourth-order valence-corrected chi connectivity index (χ4v) is 2.90. The van der Waals surface area contributed by atoms with Gasteiger partial charge in [0.05, 0.1) is 0 Å². The van der Waals surface area contributed by atoms with Crippen molar-refractivity contribution in [3.05, 3.63) is 59.4 Å². The number of piperazine rings is 1. The summed E-state index contributed by atoms with van der Waals surface area (Å²) < 4.78 is 39.7. The van der Waals surface area contributed by atoms with Gasteiger partial charge in [-0.2, -0.15) is 0 Å². The number of nitrogens with zero attached hydrogens (tertiary/aromatic N) is 1. The normalized spacial score (nSPS) is 14.5. The Labute approximate surface area is 162 Å². The summed E-state index contributed by atoms with van der Waals surface area (Å²) in [6.45, 7) is 5.19. The molecule has 0 bridgehead atoms. The zero-order valence-corrected chi connectivity index (χ0v) is 15.4. The molecule has 1 amide bonds. The van der Waals surface area contributed by atoms with Gasteiger partial charge in [-0.1, -0.05) is 12.1 Å². The third-order valence-corrected chi connectivity index (χ3v) is 4.39. The first kappa shape index (κ1) is 21.2. The van der Waals surface area contributed by atoms with E-state index < -0.39 is 17.5 Å². The molecule has 8 heteroatoms. The summed E-state index contributed by atoms with van der Waals surface area (Å²) in [5.41, 5.74) is 1.17. The maximum Gasteiger partial charge on any atom is 0.251 e. The van der Waals surface area contributed by atoms with Crippen LogP contribution in [0, 0.1) is 17.5 Å². The SMILES string of the molecule is Cl.O=C(NCCN1CCNCC1)c1ccc(-c2cc(F)c(F)c(F)c2)cc1. The molecule has 0 saturated carbocycles. The van der Waals surface area contributed by atoms with Gasteiger partial charge < -0.3 is 10.6 Å². The summed E-state index contributed by atoms with van der Waals surface area (Å²) in [6.07, 6.45) is 0. The predicted octanol–water partition coefficient (Wildman–Crippen LogP) is 2.83. The van der Waals surface area contributed by atoms with Crippen molar-refractivity contribution >= 4 is 18.3 Å². The number of nitrogens with one attached hydrogen (secondary N) is 2. The third-order valence-electron chi connectivity index (χ3n) is 4.39. The highest BCUT2D eigenvalue weighted by molar-refractivity contribution is 5.94. The van der Waals surface area contributed by atoms with E-state index in [-0.39, 0.29) is 23.9 Å². The van der Waals surface area contributed by atoms with E-state index in [0.29, 0.717) is 17.7 Å². The van der Waals surface area contributed by atoms with Crippen LogP contribution in [0.1, 0.15) is 10.4 Å². The maximum absolute atomic E-state index is 13.3. The lowest BCUT2D eigenvalue weighted by Gasteiger charge is -2.27. The number of carbonyl (C=O) groups excluding carboxylic acids is 1. The molecule has 0 radical (unpaired) electrons. The molecule has 0 aromatic heterocycles. The summed E-state index contributed by atoms with van der Waals surface area (Å²) in [7, 11) is 0. The number of amides is 1. The Morgan fingerprint density at radius 2 is 1.59 bits per heavy atom. The Hall–Kier alpha value is -2.09. The van der Waals surface area contributed by atoms with E-state index in [9.17, 15) is 18.0 Å². The molecule has 0 spiro atoms. The van der Waals surface area contributed by atoms with E-state index in [4.69, 9.17) is 0 Å². The summed E-state index contributed by atoms with van der Waals surface area (Å²) in [5.74, 6) is -4.18. The number of carbonyl (C=O) groups is 1. The minimum atomic E-state index is -1.49. The lowest BCUT2D eigenvalue weighted by atomic mass is 10.0. The van der Waals surface area contributed by atoms with Crippen molar-refractivity contribution < 1.29 is 18.0 Å². The molecule has 27 heavy (non-hydrogen) atoms. The van der Waals surface area contributed by atoms with Crippen LogP contribution in [-0.4, -0.2) is 50.1 Å². The highest BCUT2D eigenvalue weighted by Gasteiger charge is 2.13. The smallest absolute Gasteiger partial charge is 0.251 e. The largest absolute Gasteiger partial charge is 0.351 e. The molecule has 2 aromatic carbocycles. The third kappa shape index (κ3) is 5.45. The number of hydrogen-bond acceptors (Lipinski definition) is 3. The second-order valence-corrected chi connectivity index (χ2v) is 6.18. The topological polar surface area (TPSA) is 44.4 Å². The fourth-order valence-electron chi connectivity index (χ4n) is 2.90. The van der Waals surface area contributed by atoms with Gasteiger partial charge in [-0.3, -0.25) is 9.69 Å². The Morgan fingerprint density at radius 1 is 1.00 bits per heavy atom. The van der Waals surface area contributed by atoms with Crippen LogP contribution in [0.15, 0.2) is 36.4 Å². The molecule has 0 unspecified atom stereocenters. The van der Waals surface area contributed by atoms with E-state index in [1.165, 1.54) is 0 Å². The molecule has 1 aliphatic heterocycles. The van der Waals surface area contributed by atoms with Crippen molar-refractivity contribution in [3.63, 3.8) is 0 Å². The first-order valence-corrected chi connectivity index (χ1v) is 8.51. The van der Waals surface area contributed by atoms with Crippen molar-refractivity contribution in [2.75, 3.05) is 39.3 Å². The van der Waals surface area contributed by atoms with E-state index in [2.05, 4.69) is 15.5 Å². The molecule has 0 aliphatic carbocycles. The highest BCUT2D eigenvalue weighted by Crippen LogP contribution is 2.24. The Balaban J connectivity index is 0.00000261. The van der Waals surface area contributed by atoms with Gasteiger partial charge >= 0.3 is 0 Å². The molecular formula is C19H21ClF3N3O. The molecular weight excluding hydrogens is 379 g/mol. The van der Waals surface area contributed by atoms with Gasteiger partial charge in [0.15, 0.2) is 17.5 Å². The van der Waals surface area contributed by atoms with Gasteiger partial charge in [0, 0.05) is 44.8 Å². The van der Waals surface area contributed by atoms with Crippen LogP contribution < -0.4 is 10.6 Å². The van der Waals surface area contributed by atoms with Crippen molar-refractivity contribution in [1.82, 2.24) is 15.5 Å². The van der Waals surface area contributed by atoms with Crippen LogP contribution in [0.4, 0.5) is 13.2 Å². The van der Waals surface area contributed by atoms with Crippen LogP contribution in [-0.2, 0) is 0 Å². The summed E-state index contributed by atoms with van der Waals surface area (Å²) >= 11 is 0. The number of hydrogen-bond donors (Lipinski definition) is 2. The monoisotopic (exact) mass is 399 g/mol. The van der Waals surface area contributed by atoms with Crippen LogP contribution in [0.3, 0.4) is 0 Å². The van der Waals surface area contributed by atoms with Crippen LogP contribution in [0.2, 0.25) is 0 Å². The Morgan fingerprint density at radius 3 is 2.19 bits per heavy atom. The fraction of sp³-hybridized carbons (Fsp3) is 0.316. The standard InChI is InChI=1S/C19H20F3N3O.ClH/c20-16-11-15(12-17(21)18(16)22)13-1-3-14(4-2-13)19(26)24-7-10-25-8-5-23-6-9-25;/h1-4,11-12,23H,5-10H2,(H,24,26);1H. The first-order chi connectivity index (χ1) is 12.5. The second kappa shape index (κ2) is 9.73. The highest BCUT2D eigenvalue weighted by atomic mass is 35.5. The minimum absolute atomic E-state index is 0. The molecule has 2 N–H and O–H groups in total. The van der Waals surface area contributed by atoms with Crippen molar-refractivity contribution in [2.24, 2.45) is 0 Å². The minimum Gasteiger partial charge on any atom is -0.351 e. The predicted molar refractivity (Wildman–Crippen MR) is 101 cm³/mol. The maximum atomic E-state index is 13.3. The lowest BCUT2D eigenvalue weighted by Crippen LogP contribution is -2.46. The van der Waals surface area contributed by atoms with E-state index in [1.807, 2.05) is 0 Å². The van der Waals surface area contributed by atoms with Crippen molar-refractivity contribution in [1.29, 1.82) is 0 Å².